The Balaban J connectivity index is 2.30. The number of hydrogen-bond donors (Lipinski definition) is 2. The minimum atomic E-state index is -1.04. The lowest BCUT2D eigenvalue weighted by Crippen LogP contribution is -2.14. The Morgan fingerprint density at radius 1 is 1.10 bits per heavy atom. The van der Waals surface area contributed by atoms with Gasteiger partial charge in [-0.1, -0.05) is 17.7 Å². The molecular formula is C15H15NO3S. The minimum Gasteiger partial charge on any atom is -0.478 e. The van der Waals surface area contributed by atoms with Crippen LogP contribution in [-0.2, 0) is 0 Å². The van der Waals surface area contributed by atoms with Crippen LogP contribution in [0.3, 0.4) is 0 Å². The van der Waals surface area contributed by atoms with Gasteiger partial charge in [-0.3, -0.25) is 4.79 Å². The number of rotatable bonds is 3. The van der Waals surface area contributed by atoms with Gasteiger partial charge in [0.25, 0.3) is 5.91 Å². The van der Waals surface area contributed by atoms with E-state index < -0.39 is 5.97 Å². The predicted molar refractivity (Wildman–Crippen MR) is 79.9 cm³/mol. The number of thiophene rings is 1. The van der Waals surface area contributed by atoms with E-state index in [9.17, 15) is 9.59 Å². The smallest absolute Gasteiger partial charge is 0.338 e. The topological polar surface area (TPSA) is 66.4 Å². The number of aromatic carboxylic acids is 1. The molecule has 1 aromatic carbocycles. The van der Waals surface area contributed by atoms with Gasteiger partial charge in [-0.05, 0) is 38.5 Å². The minimum absolute atomic E-state index is 0.130. The third-order valence-electron chi connectivity index (χ3n) is 2.94. The molecule has 0 radical (unpaired) electrons. The SMILES string of the molecule is Cc1ccc(C(=O)Nc2sc(C)cc2C(=O)O)c(C)c1. The van der Waals surface area contributed by atoms with Crippen molar-refractivity contribution in [1.82, 2.24) is 0 Å². The molecule has 1 aromatic heterocycles. The zero-order chi connectivity index (χ0) is 14.9. The van der Waals surface area contributed by atoms with Crippen molar-refractivity contribution in [3.63, 3.8) is 0 Å². The highest BCUT2D eigenvalue weighted by atomic mass is 32.1. The number of carboxylic acids is 1. The van der Waals surface area contributed by atoms with E-state index >= 15 is 0 Å². The average Bonchev–Trinajstić information content (AvgIpc) is 2.70. The Morgan fingerprint density at radius 2 is 1.80 bits per heavy atom. The third kappa shape index (κ3) is 2.88. The zero-order valence-corrected chi connectivity index (χ0v) is 12.3. The summed E-state index contributed by atoms with van der Waals surface area (Å²) in [5.74, 6) is -1.32. The molecule has 0 saturated carbocycles. The van der Waals surface area contributed by atoms with Gasteiger partial charge in [0, 0.05) is 10.4 Å². The van der Waals surface area contributed by atoms with Crippen LogP contribution in [0.4, 0.5) is 5.00 Å². The number of benzene rings is 1. The Kier molecular flexibility index (Phi) is 3.90. The van der Waals surface area contributed by atoms with Gasteiger partial charge < -0.3 is 10.4 Å². The van der Waals surface area contributed by atoms with E-state index in [-0.39, 0.29) is 11.5 Å². The Bertz CT molecular complexity index is 688. The molecule has 0 unspecified atom stereocenters. The molecule has 5 heteroatoms. The maximum Gasteiger partial charge on any atom is 0.338 e. The van der Waals surface area contributed by atoms with Crippen LogP contribution in [0.2, 0.25) is 0 Å². The summed E-state index contributed by atoms with van der Waals surface area (Å²) < 4.78 is 0. The standard InChI is InChI=1S/C15H15NO3S/c1-8-4-5-11(9(2)6-8)13(17)16-14-12(15(18)19)7-10(3)20-14/h4-7H,1-3H3,(H,16,17)(H,18,19). The Morgan fingerprint density at radius 3 is 2.40 bits per heavy atom. The number of hydrogen-bond acceptors (Lipinski definition) is 3. The fraction of sp³-hybridized carbons (Fsp3) is 0.200. The molecule has 0 saturated heterocycles. The largest absolute Gasteiger partial charge is 0.478 e. The van der Waals surface area contributed by atoms with Gasteiger partial charge in [0.05, 0.1) is 5.56 Å². The second-order valence-corrected chi connectivity index (χ2v) is 5.93. The molecule has 2 rings (SSSR count). The van der Waals surface area contributed by atoms with E-state index in [0.717, 1.165) is 16.0 Å². The lowest BCUT2D eigenvalue weighted by molar-refractivity contribution is 0.0698. The van der Waals surface area contributed by atoms with Crippen molar-refractivity contribution < 1.29 is 14.7 Å². The second kappa shape index (κ2) is 5.46. The lowest BCUT2D eigenvalue weighted by atomic mass is 10.1. The number of carbonyl (C=O) groups is 2. The molecule has 2 aromatic rings. The first-order valence-corrected chi connectivity index (χ1v) is 6.92. The highest BCUT2D eigenvalue weighted by Gasteiger charge is 2.17. The molecule has 104 valence electrons. The molecular weight excluding hydrogens is 274 g/mol. The van der Waals surface area contributed by atoms with Crippen LogP contribution >= 0.6 is 11.3 Å². The van der Waals surface area contributed by atoms with Crippen LogP contribution in [-0.4, -0.2) is 17.0 Å². The number of amides is 1. The summed E-state index contributed by atoms with van der Waals surface area (Å²) in [6.07, 6.45) is 0. The number of nitrogens with one attached hydrogen (secondary N) is 1. The fourth-order valence-electron chi connectivity index (χ4n) is 2.00. The van der Waals surface area contributed by atoms with Gasteiger partial charge in [-0.25, -0.2) is 4.79 Å². The van der Waals surface area contributed by atoms with Crippen molar-refractivity contribution in [1.29, 1.82) is 0 Å². The van der Waals surface area contributed by atoms with Gasteiger partial charge in [-0.2, -0.15) is 0 Å². The molecule has 0 spiro atoms. The molecule has 1 heterocycles. The normalized spacial score (nSPS) is 10.3. The van der Waals surface area contributed by atoms with Crippen LogP contribution in [0.25, 0.3) is 0 Å². The third-order valence-corrected chi connectivity index (χ3v) is 3.91. The zero-order valence-electron chi connectivity index (χ0n) is 11.5. The van der Waals surface area contributed by atoms with Crippen LogP contribution in [0, 0.1) is 20.8 Å². The summed E-state index contributed by atoms with van der Waals surface area (Å²) in [5, 5.41) is 12.2. The van der Waals surface area contributed by atoms with E-state index in [2.05, 4.69) is 5.32 Å². The maximum atomic E-state index is 12.2. The summed E-state index contributed by atoms with van der Waals surface area (Å²) in [6, 6.07) is 7.10. The van der Waals surface area contributed by atoms with Crippen molar-refractivity contribution in [3.05, 3.63) is 51.4 Å². The van der Waals surface area contributed by atoms with Crippen LogP contribution in [0.15, 0.2) is 24.3 Å². The molecule has 0 aliphatic rings. The Labute approximate surface area is 121 Å². The first-order valence-electron chi connectivity index (χ1n) is 6.11. The molecule has 1 amide bonds. The fourth-order valence-corrected chi connectivity index (χ4v) is 2.90. The monoisotopic (exact) mass is 289 g/mol. The maximum absolute atomic E-state index is 12.2. The molecule has 20 heavy (non-hydrogen) atoms. The summed E-state index contributed by atoms with van der Waals surface area (Å²) >= 11 is 1.26. The number of aryl methyl sites for hydroxylation is 3. The number of carbonyl (C=O) groups excluding carboxylic acids is 1. The van der Waals surface area contributed by atoms with Crippen molar-refractivity contribution in [2.24, 2.45) is 0 Å². The molecule has 0 bridgehead atoms. The average molecular weight is 289 g/mol. The van der Waals surface area contributed by atoms with Crippen LogP contribution in [0.5, 0.6) is 0 Å². The van der Waals surface area contributed by atoms with Crippen molar-refractivity contribution in [2.75, 3.05) is 5.32 Å². The van der Waals surface area contributed by atoms with E-state index in [0.29, 0.717) is 10.6 Å². The summed E-state index contributed by atoms with van der Waals surface area (Å²) in [6.45, 7) is 5.63. The van der Waals surface area contributed by atoms with Gasteiger partial charge in [0.15, 0.2) is 0 Å². The predicted octanol–water partition coefficient (Wildman–Crippen LogP) is 3.62. The molecule has 0 aliphatic carbocycles. The summed E-state index contributed by atoms with van der Waals surface area (Å²) in [5.41, 5.74) is 2.63. The molecule has 2 N–H and O–H groups in total. The highest BCUT2D eigenvalue weighted by molar-refractivity contribution is 7.16. The summed E-state index contributed by atoms with van der Waals surface area (Å²) in [7, 11) is 0. The first kappa shape index (κ1) is 14.3. The van der Waals surface area contributed by atoms with E-state index in [4.69, 9.17) is 5.11 Å². The quantitative estimate of drug-likeness (QED) is 0.906. The van der Waals surface area contributed by atoms with Crippen molar-refractivity contribution in [2.45, 2.75) is 20.8 Å². The van der Waals surface area contributed by atoms with Gasteiger partial charge in [-0.15, -0.1) is 11.3 Å². The van der Waals surface area contributed by atoms with Gasteiger partial charge in [0.1, 0.15) is 5.00 Å². The van der Waals surface area contributed by atoms with E-state index in [1.807, 2.05) is 32.9 Å². The van der Waals surface area contributed by atoms with Gasteiger partial charge in [0.2, 0.25) is 0 Å². The molecule has 4 nitrogen and oxygen atoms in total. The Hall–Kier alpha value is -2.14. The molecule has 0 aliphatic heterocycles. The number of anilines is 1. The number of carboxylic acid groups (broad SMARTS) is 1. The second-order valence-electron chi connectivity index (χ2n) is 4.68. The van der Waals surface area contributed by atoms with Gasteiger partial charge >= 0.3 is 5.97 Å². The highest BCUT2D eigenvalue weighted by Crippen LogP contribution is 2.28. The van der Waals surface area contributed by atoms with Crippen molar-refractivity contribution in [3.8, 4) is 0 Å². The van der Waals surface area contributed by atoms with Crippen molar-refractivity contribution >= 4 is 28.2 Å². The molecule has 0 atom stereocenters. The molecule has 0 fully saturated rings. The first-order chi connectivity index (χ1) is 9.38. The van der Waals surface area contributed by atoms with E-state index in [1.54, 1.807) is 12.1 Å². The van der Waals surface area contributed by atoms with E-state index in [1.165, 1.54) is 11.3 Å². The summed E-state index contributed by atoms with van der Waals surface area (Å²) in [4.78, 5) is 24.2. The van der Waals surface area contributed by atoms with Crippen LogP contribution in [0.1, 0.15) is 36.7 Å². The lowest BCUT2D eigenvalue weighted by Gasteiger charge is -2.07. The van der Waals surface area contributed by atoms with Crippen LogP contribution < -0.4 is 5.32 Å².